The fraction of sp³-hybridized carbons (Fsp3) is 0.350. The minimum atomic E-state index is -0.953. The Hall–Kier alpha value is -2.27. The summed E-state index contributed by atoms with van der Waals surface area (Å²) in [5, 5.41) is 2.69. The van der Waals surface area contributed by atoms with E-state index in [4.69, 9.17) is 0 Å². The quantitative estimate of drug-likeness (QED) is 0.905. The predicted molar refractivity (Wildman–Crippen MR) is 94.2 cm³/mol. The Morgan fingerprint density at radius 3 is 2.52 bits per heavy atom. The van der Waals surface area contributed by atoms with Gasteiger partial charge in [0.15, 0.2) is 11.6 Å². The van der Waals surface area contributed by atoms with Gasteiger partial charge in [0, 0.05) is 24.2 Å². The van der Waals surface area contributed by atoms with Crippen molar-refractivity contribution in [1.29, 1.82) is 0 Å². The van der Waals surface area contributed by atoms with Gasteiger partial charge in [-0.1, -0.05) is 24.3 Å². The number of nitrogens with one attached hydrogen (secondary N) is 1. The molecule has 25 heavy (non-hydrogen) atoms. The number of rotatable bonds is 4. The molecule has 1 saturated heterocycles. The average Bonchev–Trinajstić information content (AvgIpc) is 2.61. The lowest BCUT2D eigenvalue weighted by molar-refractivity contribution is -0.121. The first-order valence-electron chi connectivity index (χ1n) is 8.55. The molecule has 132 valence electrons. The standard InChI is InChI=1S/C20H22F2N2O/c1-14-4-2-3-5-16(14)13-24-10-8-15(9-11-24)20(25)23-17-6-7-18(21)19(22)12-17/h2-7,12,15H,8-11,13H2,1H3,(H,23,25). The third kappa shape index (κ3) is 4.42. The second kappa shape index (κ2) is 7.74. The first-order valence-corrected chi connectivity index (χ1v) is 8.55. The van der Waals surface area contributed by atoms with Crippen LogP contribution in [0.3, 0.4) is 0 Å². The minimum absolute atomic E-state index is 0.0961. The fourth-order valence-corrected chi connectivity index (χ4v) is 3.20. The Kier molecular flexibility index (Phi) is 5.43. The topological polar surface area (TPSA) is 32.3 Å². The van der Waals surface area contributed by atoms with Crippen molar-refractivity contribution in [3.05, 3.63) is 65.2 Å². The van der Waals surface area contributed by atoms with Gasteiger partial charge in [-0.25, -0.2) is 8.78 Å². The first kappa shape index (κ1) is 17.5. The summed E-state index contributed by atoms with van der Waals surface area (Å²) in [6.07, 6.45) is 1.53. The third-order valence-corrected chi connectivity index (χ3v) is 4.80. The average molecular weight is 344 g/mol. The maximum Gasteiger partial charge on any atom is 0.227 e. The second-order valence-electron chi connectivity index (χ2n) is 6.60. The number of carbonyl (C=O) groups is 1. The molecule has 5 heteroatoms. The smallest absolute Gasteiger partial charge is 0.227 e. The van der Waals surface area contributed by atoms with Gasteiger partial charge < -0.3 is 5.32 Å². The Morgan fingerprint density at radius 2 is 1.84 bits per heavy atom. The predicted octanol–water partition coefficient (Wildman–Crippen LogP) is 4.12. The number of piperidine rings is 1. The van der Waals surface area contributed by atoms with Crippen molar-refractivity contribution in [2.24, 2.45) is 5.92 Å². The number of amides is 1. The molecule has 0 radical (unpaired) electrons. The summed E-state index contributed by atoms with van der Waals surface area (Å²) < 4.78 is 26.2. The zero-order valence-electron chi connectivity index (χ0n) is 14.3. The highest BCUT2D eigenvalue weighted by molar-refractivity contribution is 5.92. The van der Waals surface area contributed by atoms with Crippen LogP contribution in [0.15, 0.2) is 42.5 Å². The maximum atomic E-state index is 13.2. The second-order valence-corrected chi connectivity index (χ2v) is 6.60. The van der Waals surface area contributed by atoms with E-state index in [2.05, 4.69) is 29.3 Å². The van der Waals surface area contributed by atoms with Crippen LogP contribution in [0.1, 0.15) is 24.0 Å². The molecule has 1 fully saturated rings. The van der Waals surface area contributed by atoms with E-state index in [1.807, 2.05) is 12.1 Å². The van der Waals surface area contributed by atoms with Crippen LogP contribution in [-0.4, -0.2) is 23.9 Å². The van der Waals surface area contributed by atoms with Gasteiger partial charge in [0.1, 0.15) is 0 Å². The summed E-state index contributed by atoms with van der Waals surface area (Å²) in [7, 11) is 0. The number of aryl methyl sites for hydroxylation is 1. The maximum absolute atomic E-state index is 13.2. The highest BCUT2D eigenvalue weighted by Crippen LogP contribution is 2.22. The molecule has 0 aromatic heterocycles. The van der Waals surface area contributed by atoms with Gasteiger partial charge in [-0.3, -0.25) is 9.69 Å². The van der Waals surface area contributed by atoms with Crippen molar-refractivity contribution < 1.29 is 13.6 Å². The third-order valence-electron chi connectivity index (χ3n) is 4.80. The summed E-state index contributed by atoms with van der Waals surface area (Å²) >= 11 is 0. The normalized spacial score (nSPS) is 16.0. The molecule has 0 atom stereocenters. The van der Waals surface area contributed by atoms with Gasteiger partial charge in [0.05, 0.1) is 0 Å². The number of benzene rings is 2. The molecule has 0 spiro atoms. The molecule has 0 aliphatic carbocycles. The van der Waals surface area contributed by atoms with E-state index in [1.165, 1.54) is 17.2 Å². The molecular formula is C20H22F2N2O. The molecule has 1 aliphatic heterocycles. The van der Waals surface area contributed by atoms with Gasteiger partial charge in [0.2, 0.25) is 5.91 Å². The van der Waals surface area contributed by atoms with Crippen LogP contribution in [0.2, 0.25) is 0 Å². The summed E-state index contributed by atoms with van der Waals surface area (Å²) in [5.74, 6) is -2.09. The van der Waals surface area contributed by atoms with Gasteiger partial charge >= 0.3 is 0 Å². The van der Waals surface area contributed by atoms with Crippen LogP contribution >= 0.6 is 0 Å². The van der Waals surface area contributed by atoms with Crippen LogP contribution in [0, 0.1) is 24.5 Å². The number of halogens is 2. The van der Waals surface area contributed by atoms with E-state index in [-0.39, 0.29) is 11.8 Å². The van der Waals surface area contributed by atoms with Gasteiger partial charge in [0.25, 0.3) is 0 Å². The molecule has 1 amide bonds. The van der Waals surface area contributed by atoms with Crippen LogP contribution in [0.5, 0.6) is 0 Å². The van der Waals surface area contributed by atoms with E-state index >= 15 is 0 Å². The van der Waals surface area contributed by atoms with Gasteiger partial charge in [-0.05, 0) is 56.1 Å². The van der Waals surface area contributed by atoms with Crippen molar-refractivity contribution in [2.75, 3.05) is 18.4 Å². The van der Waals surface area contributed by atoms with E-state index in [1.54, 1.807) is 0 Å². The van der Waals surface area contributed by atoms with Gasteiger partial charge in [-0.2, -0.15) is 0 Å². The molecule has 1 N–H and O–H groups in total. The van der Waals surface area contributed by atoms with Crippen molar-refractivity contribution in [2.45, 2.75) is 26.3 Å². The summed E-state index contributed by atoms with van der Waals surface area (Å²) in [4.78, 5) is 14.7. The van der Waals surface area contributed by atoms with Crippen molar-refractivity contribution >= 4 is 11.6 Å². The van der Waals surface area contributed by atoms with E-state index in [9.17, 15) is 13.6 Å². The first-order chi connectivity index (χ1) is 12.0. The zero-order valence-corrected chi connectivity index (χ0v) is 14.3. The summed E-state index contributed by atoms with van der Waals surface area (Å²) in [5.41, 5.74) is 2.89. The molecule has 1 heterocycles. The number of likely N-dealkylation sites (tertiary alicyclic amines) is 1. The molecule has 1 aliphatic rings. The molecule has 0 bridgehead atoms. The Balaban J connectivity index is 1.52. The molecule has 3 nitrogen and oxygen atoms in total. The number of carbonyl (C=O) groups excluding carboxylic acids is 1. The van der Waals surface area contributed by atoms with Crippen LogP contribution in [0.25, 0.3) is 0 Å². The van der Waals surface area contributed by atoms with Crippen molar-refractivity contribution in [3.63, 3.8) is 0 Å². The molecule has 2 aromatic carbocycles. The zero-order chi connectivity index (χ0) is 17.8. The molecular weight excluding hydrogens is 322 g/mol. The SMILES string of the molecule is Cc1ccccc1CN1CCC(C(=O)Nc2ccc(F)c(F)c2)CC1. The number of hydrogen-bond acceptors (Lipinski definition) is 2. The van der Waals surface area contributed by atoms with Crippen LogP contribution in [0.4, 0.5) is 14.5 Å². The number of nitrogens with zero attached hydrogens (tertiary/aromatic N) is 1. The molecule has 0 saturated carbocycles. The fourth-order valence-electron chi connectivity index (χ4n) is 3.20. The Labute approximate surface area is 146 Å². The van der Waals surface area contributed by atoms with Gasteiger partial charge in [-0.15, -0.1) is 0 Å². The Bertz CT molecular complexity index is 755. The molecule has 0 unspecified atom stereocenters. The molecule has 2 aromatic rings. The van der Waals surface area contributed by atoms with Crippen LogP contribution < -0.4 is 5.32 Å². The lowest BCUT2D eigenvalue weighted by atomic mass is 9.95. The highest BCUT2D eigenvalue weighted by atomic mass is 19.2. The highest BCUT2D eigenvalue weighted by Gasteiger charge is 2.25. The van der Waals surface area contributed by atoms with Crippen LogP contribution in [-0.2, 0) is 11.3 Å². The summed E-state index contributed by atoms with van der Waals surface area (Å²) in [6.45, 7) is 4.70. The van der Waals surface area contributed by atoms with E-state index in [0.717, 1.165) is 44.6 Å². The van der Waals surface area contributed by atoms with E-state index < -0.39 is 11.6 Å². The van der Waals surface area contributed by atoms with E-state index in [0.29, 0.717) is 5.69 Å². The lowest BCUT2D eigenvalue weighted by Crippen LogP contribution is -2.37. The monoisotopic (exact) mass is 344 g/mol. The summed E-state index contributed by atoms with van der Waals surface area (Å²) in [6, 6.07) is 11.7. The minimum Gasteiger partial charge on any atom is -0.326 e. The molecule has 3 rings (SSSR count). The number of hydrogen-bond donors (Lipinski definition) is 1. The lowest BCUT2D eigenvalue weighted by Gasteiger charge is -2.31. The number of anilines is 1. The largest absolute Gasteiger partial charge is 0.326 e. The Morgan fingerprint density at radius 1 is 1.12 bits per heavy atom. The van der Waals surface area contributed by atoms with Crippen molar-refractivity contribution in [1.82, 2.24) is 4.90 Å². The van der Waals surface area contributed by atoms with Crippen molar-refractivity contribution in [3.8, 4) is 0 Å².